The molecule has 1 amide bonds. The third-order valence-corrected chi connectivity index (χ3v) is 1.15. The van der Waals surface area contributed by atoms with Crippen LogP contribution < -0.4 is 5.32 Å². The van der Waals surface area contributed by atoms with Crippen LogP contribution in [0, 0.1) is 0 Å². The molecular formula is C6H11ClN2O2. The van der Waals surface area contributed by atoms with Crippen molar-refractivity contribution >= 4 is 22.9 Å². The highest BCUT2D eigenvalue weighted by atomic mass is 35.5. The van der Waals surface area contributed by atoms with Crippen LogP contribution in [0.15, 0.2) is 5.16 Å². The molecule has 0 aliphatic rings. The zero-order chi connectivity index (χ0) is 8.69. The summed E-state index contributed by atoms with van der Waals surface area (Å²) in [7, 11) is 1.45. The second-order valence-corrected chi connectivity index (χ2v) is 2.28. The van der Waals surface area contributed by atoms with Crippen molar-refractivity contribution in [2.75, 3.05) is 7.05 Å². The van der Waals surface area contributed by atoms with Crippen molar-refractivity contribution in [2.24, 2.45) is 5.16 Å². The Balaban J connectivity index is 3.63. The fraction of sp³-hybridized carbons (Fsp3) is 0.667. The maximum absolute atomic E-state index is 10.4. The van der Waals surface area contributed by atoms with Crippen molar-refractivity contribution < 1.29 is 9.63 Å². The normalized spacial score (nSPS) is 11.0. The number of carbonyl (C=O) groups excluding carboxylic acids is 1. The minimum atomic E-state index is -0.612. The van der Waals surface area contributed by atoms with Gasteiger partial charge >= 0.3 is 6.09 Å². The highest BCUT2D eigenvalue weighted by Crippen LogP contribution is 1.97. The third-order valence-electron chi connectivity index (χ3n) is 0.888. The van der Waals surface area contributed by atoms with Crippen LogP contribution in [0.5, 0.6) is 0 Å². The van der Waals surface area contributed by atoms with Gasteiger partial charge in [0.1, 0.15) is 5.17 Å². The lowest BCUT2D eigenvalue weighted by Crippen LogP contribution is -2.17. The van der Waals surface area contributed by atoms with Gasteiger partial charge in [0.2, 0.25) is 0 Å². The fourth-order valence-electron chi connectivity index (χ4n) is 0.389. The molecule has 0 atom stereocenters. The number of carbonyl (C=O) groups is 1. The minimum Gasteiger partial charge on any atom is -0.323 e. The van der Waals surface area contributed by atoms with Crippen molar-refractivity contribution in [2.45, 2.75) is 19.8 Å². The summed E-state index contributed by atoms with van der Waals surface area (Å²) < 4.78 is 0. The third kappa shape index (κ3) is 5.66. The van der Waals surface area contributed by atoms with E-state index in [2.05, 4.69) is 15.3 Å². The molecule has 64 valence electrons. The lowest BCUT2D eigenvalue weighted by molar-refractivity contribution is 0.153. The molecule has 0 aromatic heterocycles. The number of amides is 1. The monoisotopic (exact) mass is 178 g/mol. The molecule has 0 saturated carbocycles. The summed E-state index contributed by atoms with van der Waals surface area (Å²) in [6.07, 6.45) is 0.886. The number of oxime groups is 1. The Hall–Kier alpha value is -0.770. The van der Waals surface area contributed by atoms with Gasteiger partial charge in [-0.25, -0.2) is 4.79 Å². The van der Waals surface area contributed by atoms with Gasteiger partial charge in [-0.3, -0.25) is 4.84 Å². The molecule has 0 radical (unpaired) electrons. The maximum atomic E-state index is 10.4. The van der Waals surface area contributed by atoms with Crippen LogP contribution in [0.1, 0.15) is 19.8 Å². The molecule has 5 heteroatoms. The molecule has 0 heterocycles. The first-order valence-corrected chi connectivity index (χ1v) is 3.69. The quantitative estimate of drug-likeness (QED) is 0.406. The molecule has 4 nitrogen and oxygen atoms in total. The van der Waals surface area contributed by atoms with E-state index in [1.165, 1.54) is 7.05 Å². The van der Waals surface area contributed by atoms with Crippen molar-refractivity contribution in [3.05, 3.63) is 0 Å². The number of halogens is 1. The standard InChI is InChI=1S/C6H11ClN2O2/c1-3-4-5(7)9-11-6(10)8-2/h3-4H2,1-2H3,(H,8,10). The summed E-state index contributed by atoms with van der Waals surface area (Å²) in [5.74, 6) is 0. The van der Waals surface area contributed by atoms with E-state index < -0.39 is 6.09 Å². The Labute approximate surface area is 70.5 Å². The lowest BCUT2D eigenvalue weighted by Gasteiger charge is -1.95. The van der Waals surface area contributed by atoms with Gasteiger partial charge in [0.15, 0.2) is 0 Å². The van der Waals surface area contributed by atoms with E-state index in [0.717, 1.165) is 6.42 Å². The van der Waals surface area contributed by atoms with Crippen LogP contribution in [0.3, 0.4) is 0 Å². The Bertz CT molecular complexity index is 159. The first-order valence-electron chi connectivity index (χ1n) is 3.31. The zero-order valence-electron chi connectivity index (χ0n) is 6.56. The first-order chi connectivity index (χ1) is 5.20. The molecular weight excluding hydrogens is 168 g/mol. The molecule has 1 N–H and O–H groups in total. The summed E-state index contributed by atoms with van der Waals surface area (Å²) in [4.78, 5) is 14.7. The molecule has 0 saturated heterocycles. The van der Waals surface area contributed by atoms with Gasteiger partial charge in [0.25, 0.3) is 0 Å². The second kappa shape index (κ2) is 5.97. The molecule has 11 heavy (non-hydrogen) atoms. The maximum Gasteiger partial charge on any atom is 0.433 e. The van der Waals surface area contributed by atoms with Crippen molar-refractivity contribution in [3.63, 3.8) is 0 Å². The van der Waals surface area contributed by atoms with E-state index in [1.54, 1.807) is 0 Å². The minimum absolute atomic E-state index is 0.302. The largest absolute Gasteiger partial charge is 0.433 e. The van der Waals surface area contributed by atoms with Crippen LogP contribution in [0.4, 0.5) is 4.79 Å². The molecule has 0 aromatic rings. The van der Waals surface area contributed by atoms with E-state index in [4.69, 9.17) is 11.6 Å². The van der Waals surface area contributed by atoms with Crippen molar-refractivity contribution in [3.8, 4) is 0 Å². The number of hydrogen-bond donors (Lipinski definition) is 1. The summed E-state index contributed by atoms with van der Waals surface area (Å²) in [5, 5.41) is 5.89. The average Bonchev–Trinajstić information content (AvgIpc) is 2.01. The van der Waals surface area contributed by atoms with E-state index in [9.17, 15) is 4.79 Å². The van der Waals surface area contributed by atoms with E-state index >= 15 is 0 Å². The van der Waals surface area contributed by atoms with Crippen LogP contribution in [0.25, 0.3) is 0 Å². The second-order valence-electron chi connectivity index (χ2n) is 1.85. The molecule has 0 spiro atoms. The van der Waals surface area contributed by atoms with Crippen molar-refractivity contribution in [1.29, 1.82) is 0 Å². The number of rotatable bonds is 3. The highest BCUT2D eigenvalue weighted by Gasteiger charge is 1.97. The SMILES string of the molecule is CCCC(Cl)=NOC(=O)NC. The van der Waals surface area contributed by atoms with Crippen LogP contribution in [-0.4, -0.2) is 18.3 Å². The van der Waals surface area contributed by atoms with Gasteiger partial charge in [-0.2, -0.15) is 0 Å². The molecule has 0 fully saturated rings. The van der Waals surface area contributed by atoms with Crippen molar-refractivity contribution in [1.82, 2.24) is 5.32 Å². The first kappa shape index (κ1) is 10.2. The molecule has 0 aliphatic carbocycles. The lowest BCUT2D eigenvalue weighted by atomic mass is 10.4. The van der Waals surface area contributed by atoms with Gasteiger partial charge in [-0.15, -0.1) is 0 Å². The zero-order valence-corrected chi connectivity index (χ0v) is 7.31. The predicted molar refractivity (Wildman–Crippen MR) is 43.7 cm³/mol. The number of nitrogens with one attached hydrogen (secondary N) is 1. The van der Waals surface area contributed by atoms with Gasteiger partial charge in [-0.1, -0.05) is 23.7 Å². The van der Waals surface area contributed by atoms with E-state index in [0.29, 0.717) is 11.6 Å². The average molecular weight is 179 g/mol. The van der Waals surface area contributed by atoms with Gasteiger partial charge in [0.05, 0.1) is 0 Å². The highest BCUT2D eigenvalue weighted by molar-refractivity contribution is 6.65. The summed E-state index contributed by atoms with van der Waals surface area (Å²) >= 11 is 5.53. The molecule has 0 unspecified atom stereocenters. The fourth-order valence-corrected chi connectivity index (χ4v) is 0.612. The van der Waals surface area contributed by atoms with Crippen LogP contribution in [-0.2, 0) is 4.84 Å². The molecule has 0 rings (SSSR count). The Kier molecular flexibility index (Phi) is 5.56. The smallest absolute Gasteiger partial charge is 0.323 e. The van der Waals surface area contributed by atoms with Gasteiger partial charge in [0, 0.05) is 13.5 Å². The molecule has 0 bridgehead atoms. The Morgan fingerprint density at radius 2 is 2.36 bits per heavy atom. The molecule has 0 aromatic carbocycles. The van der Waals surface area contributed by atoms with Gasteiger partial charge in [-0.05, 0) is 6.42 Å². The van der Waals surface area contributed by atoms with Gasteiger partial charge < -0.3 is 5.32 Å². The number of nitrogens with zero attached hydrogens (tertiary/aromatic N) is 1. The topological polar surface area (TPSA) is 50.7 Å². The number of hydrogen-bond acceptors (Lipinski definition) is 3. The summed E-state index contributed by atoms with van der Waals surface area (Å²) in [6, 6.07) is 0. The predicted octanol–water partition coefficient (Wildman–Crippen LogP) is 1.69. The van der Waals surface area contributed by atoms with Crippen LogP contribution in [0.2, 0.25) is 0 Å². The summed E-state index contributed by atoms with van der Waals surface area (Å²) in [6.45, 7) is 1.96. The van der Waals surface area contributed by atoms with E-state index in [1.807, 2.05) is 6.92 Å². The van der Waals surface area contributed by atoms with E-state index in [-0.39, 0.29) is 0 Å². The Morgan fingerprint density at radius 1 is 1.73 bits per heavy atom. The summed E-state index contributed by atoms with van der Waals surface area (Å²) in [5.41, 5.74) is 0. The van der Waals surface area contributed by atoms with Crippen LogP contribution >= 0.6 is 11.6 Å². The molecule has 0 aliphatic heterocycles. The Morgan fingerprint density at radius 3 is 2.82 bits per heavy atom.